The average molecular weight is 397 g/mol. The van der Waals surface area contributed by atoms with E-state index in [1.165, 1.54) is 6.07 Å². The topological polar surface area (TPSA) is 60.9 Å². The summed E-state index contributed by atoms with van der Waals surface area (Å²) in [6.07, 6.45) is 7.20. The molecular formula is C23H25F2N3O. The first kappa shape index (κ1) is 20.7. The molecule has 1 aromatic carbocycles. The van der Waals surface area contributed by atoms with Gasteiger partial charge in [0.1, 0.15) is 0 Å². The van der Waals surface area contributed by atoms with E-state index in [9.17, 15) is 13.6 Å². The van der Waals surface area contributed by atoms with Gasteiger partial charge in [0.2, 0.25) is 0 Å². The lowest BCUT2D eigenvalue weighted by molar-refractivity contribution is 0.1000. The third kappa shape index (κ3) is 4.36. The predicted octanol–water partition coefficient (Wildman–Crippen LogP) is 5.02. The predicted molar refractivity (Wildman–Crippen MR) is 110 cm³/mol. The minimum absolute atomic E-state index is 0.324. The number of carbonyl (C=O) groups is 1. The Balaban J connectivity index is 2.17. The zero-order chi connectivity index (χ0) is 21.0. The molecule has 0 aliphatic carbocycles. The second kappa shape index (κ2) is 8.99. The highest BCUT2D eigenvalue weighted by molar-refractivity contribution is 6.02. The van der Waals surface area contributed by atoms with Crippen molar-refractivity contribution in [3.8, 4) is 11.1 Å². The second-order valence-electron chi connectivity index (χ2n) is 7.18. The minimum Gasteiger partial charge on any atom is -0.366 e. The number of carbonyl (C=O) groups excluding carboxylic acids is 1. The maximum absolute atomic E-state index is 13.7. The molecule has 0 saturated heterocycles. The summed E-state index contributed by atoms with van der Waals surface area (Å²) in [6, 6.07) is 7.59. The lowest BCUT2D eigenvalue weighted by atomic mass is 9.98. The van der Waals surface area contributed by atoms with Gasteiger partial charge in [-0.25, -0.2) is 8.78 Å². The Hall–Kier alpha value is -3.02. The molecular weight excluding hydrogens is 372 g/mol. The Labute approximate surface area is 169 Å². The molecule has 0 aliphatic heterocycles. The number of benzene rings is 1. The van der Waals surface area contributed by atoms with Crippen LogP contribution < -0.4 is 5.73 Å². The smallest absolute Gasteiger partial charge is 0.251 e. The molecule has 0 atom stereocenters. The SMILES string of the molecule is CCCCCc1c(-c2cccnc2)c(C(N)=O)c(C)n1Cc1ccc(F)c(F)c1. The van der Waals surface area contributed by atoms with Crippen LogP contribution in [0.5, 0.6) is 0 Å². The van der Waals surface area contributed by atoms with Crippen LogP contribution in [0.3, 0.4) is 0 Å². The fraction of sp³-hybridized carbons (Fsp3) is 0.304. The van der Waals surface area contributed by atoms with Gasteiger partial charge in [-0.1, -0.05) is 31.9 Å². The molecule has 0 saturated carbocycles. The first-order valence-corrected chi connectivity index (χ1v) is 9.80. The second-order valence-corrected chi connectivity index (χ2v) is 7.18. The normalized spacial score (nSPS) is 11.0. The van der Waals surface area contributed by atoms with E-state index in [2.05, 4.69) is 11.9 Å². The number of unbranched alkanes of at least 4 members (excludes halogenated alkanes) is 2. The van der Waals surface area contributed by atoms with Gasteiger partial charge >= 0.3 is 0 Å². The number of nitrogens with zero attached hydrogens (tertiary/aromatic N) is 2. The molecule has 0 spiro atoms. The number of aromatic nitrogens is 2. The summed E-state index contributed by atoms with van der Waals surface area (Å²) < 4.78 is 29.1. The first-order valence-electron chi connectivity index (χ1n) is 9.80. The van der Waals surface area contributed by atoms with Gasteiger partial charge in [0.15, 0.2) is 11.6 Å². The van der Waals surface area contributed by atoms with E-state index < -0.39 is 17.5 Å². The maximum Gasteiger partial charge on any atom is 0.251 e. The van der Waals surface area contributed by atoms with Crippen molar-refractivity contribution in [1.29, 1.82) is 0 Å². The van der Waals surface area contributed by atoms with Crippen LogP contribution in [0.25, 0.3) is 11.1 Å². The van der Waals surface area contributed by atoms with Gasteiger partial charge < -0.3 is 10.3 Å². The molecule has 1 amide bonds. The van der Waals surface area contributed by atoms with Crippen molar-refractivity contribution in [3.05, 3.63) is 76.9 Å². The molecule has 29 heavy (non-hydrogen) atoms. The number of amides is 1. The molecule has 2 aromatic heterocycles. The molecule has 0 unspecified atom stereocenters. The highest BCUT2D eigenvalue weighted by Crippen LogP contribution is 2.34. The Morgan fingerprint density at radius 2 is 1.97 bits per heavy atom. The van der Waals surface area contributed by atoms with Crippen LogP contribution in [-0.2, 0) is 13.0 Å². The molecule has 0 aliphatic rings. The highest BCUT2D eigenvalue weighted by Gasteiger charge is 2.25. The Bertz CT molecular complexity index is 1010. The number of halogens is 2. The number of primary amides is 1. The van der Waals surface area contributed by atoms with Crippen LogP contribution >= 0.6 is 0 Å². The summed E-state index contributed by atoms with van der Waals surface area (Å²) in [6.45, 7) is 4.29. The van der Waals surface area contributed by atoms with Crippen LogP contribution in [0.2, 0.25) is 0 Å². The quantitative estimate of drug-likeness (QED) is 0.543. The van der Waals surface area contributed by atoms with Crippen molar-refractivity contribution in [3.63, 3.8) is 0 Å². The molecule has 0 radical (unpaired) electrons. The minimum atomic E-state index is -0.887. The van der Waals surface area contributed by atoms with Crippen LogP contribution in [0.1, 0.15) is 53.5 Å². The van der Waals surface area contributed by atoms with E-state index in [-0.39, 0.29) is 0 Å². The summed E-state index contributed by atoms with van der Waals surface area (Å²) >= 11 is 0. The van der Waals surface area contributed by atoms with E-state index in [1.54, 1.807) is 18.5 Å². The molecule has 2 N–H and O–H groups in total. The van der Waals surface area contributed by atoms with Gasteiger partial charge in [-0.2, -0.15) is 0 Å². The third-order valence-corrected chi connectivity index (χ3v) is 5.17. The van der Waals surface area contributed by atoms with Crippen molar-refractivity contribution in [2.75, 3.05) is 0 Å². The van der Waals surface area contributed by atoms with Crippen molar-refractivity contribution in [2.45, 2.75) is 46.1 Å². The zero-order valence-corrected chi connectivity index (χ0v) is 16.7. The van der Waals surface area contributed by atoms with E-state index in [0.717, 1.165) is 48.6 Å². The van der Waals surface area contributed by atoms with Crippen LogP contribution in [0.15, 0.2) is 42.7 Å². The Kier molecular flexibility index (Phi) is 6.42. The first-order chi connectivity index (χ1) is 13.9. The monoisotopic (exact) mass is 397 g/mol. The molecule has 0 bridgehead atoms. The van der Waals surface area contributed by atoms with Gasteiger partial charge in [0.25, 0.3) is 5.91 Å². The standard InChI is InChI=1S/C23H25F2N3O/c1-3-4-5-8-20-22(17-7-6-11-27-13-17)21(23(26)29)15(2)28(20)14-16-9-10-18(24)19(25)12-16/h6-7,9-13H,3-5,8,14H2,1-2H3,(H2,26,29). The highest BCUT2D eigenvalue weighted by atomic mass is 19.2. The van der Waals surface area contributed by atoms with Crippen molar-refractivity contribution >= 4 is 5.91 Å². The summed E-state index contributed by atoms with van der Waals surface area (Å²) in [5, 5.41) is 0. The van der Waals surface area contributed by atoms with Gasteiger partial charge in [0.05, 0.1) is 5.56 Å². The fourth-order valence-corrected chi connectivity index (χ4v) is 3.76. The van der Waals surface area contributed by atoms with Crippen LogP contribution in [0, 0.1) is 18.6 Å². The largest absolute Gasteiger partial charge is 0.366 e. The Morgan fingerprint density at radius 1 is 1.17 bits per heavy atom. The molecule has 0 fully saturated rings. The molecule has 2 heterocycles. The lowest BCUT2D eigenvalue weighted by Gasteiger charge is -2.14. The van der Waals surface area contributed by atoms with E-state index in [1.807, 2.05) is 23.6 Å². The van der Waals surface area contributed by atoms with Gasteiger partial charge in [0, 0.05) is 41.5 Å². The van der Waals surface area contributed by atoms with E-state index in [4.69, 9.17) is 5.73 Å². The van der Waals surface area contributed by atoms with Crippen molar-refractivity contribution in [1.82, 2.24) is 9.55 Å². The summed E-state index contributed by atoms with van der Waals surface area (Å²) in [7, 11) is 0. The summed E-state index contributed by atoms with van der Waals surface area (Å²) in [5.74, 6) is -2.28. The molecule has 152 valence electrons. The van der Waals surface area contributed by atoms with Gasteiger partial charge in [-0.3, -0.25) is 9.78 Å². The van der Waals surface area contributed by atoms with E-state index >= 15 is 0 Å². The van der Waals surface area contributed by atoms with Crippen molar-refractivity contribution in [2.24, 2.45) is 5.73 Å². The summed E-state index contributed by atoms with van der Waals surface area (Å²) in [5.41, 5.74) is 10.1. The summed E-state index contributed by atoms with van der Waals surface area (Å²) in [4.78, 5) is 16.5. The number of rotatable bonds is 8. The van der Waals surface area contributed by atoms with Crippen LogP contribution in [0.4, 0.5) is 8.78 Å². The maximum atomic E-state index is 13.7. The number of pyridine rings is 1. The van der Waals surface area contributed by atoms with Crippen LogP contribution in [-0.4, -0.2) is 15.5 Å². The number of nitrogens with two attached hydrogens (primary N) is 1. The van der Waals surface area contributed by atoms with Gasteiger partial charge in [-0.05, 0) is 43.5 Å². The van der Waals surface area contributed by atoms with Gasteiger partial charge in [-0.15, -0.1) is 0 Å². The molecule has 3 rings (SSSR count). The zero-order valence-electron chi connectivity index (χ0n) is 16.7. The molecule has 6 heteroatoms. The third-order valence-electron chi connectivity index (χ3n) is 5.17. The molecule has 3 aromatic rings. The molecule has 4 nitrogen and oxygen atoms in total. The Morgan fingerprint density at radius 3 is 2.59 bits per heavy atom. The number of hydrogen-bond donors (Lipinski definition) is 1. The number of hydrogen-bond acceptors (Lipinski definition) is 2. The average Bonchev–Trinajstić information content (AvgIpc) is 2.98. The fourth-order valence-electron chi connectivity index (χ4n) is 3.76. The van der Waals surface area contributed by atoms with E-state index in [0.29, 0.717) is 23.4 Å². The lowest BCUT2D eigenvalue weighted by Crippen LogP contribution is -2.13. The van der Waals surface area contributed by atoms with Crippen molar-refractivity contribution < 1.29 is 13.6 Å².